The van der Waals surface area contributed by atoms with Gasteiger partial charge in [-0.15, -0.1) is 0 Å². The zero-order valence-electron chi connectivity index (χ0n) is 13.1. The Morgan fingerprint density at radius 2 is 1.40 bits per heavy atom. The largest absolute Gasteiger partial charge is 0.494 e. The van der Waals surface area contributed by atoms with E-state index in [1.54, 1.807) is 72.8 Å². The Hall–Kier alpha value is -4.03. The monoisotopic (exact) mass is 330 g/mol. The average molecular weight is 330 g/mol. The van der Waals surface area contributed by atoms with Crippen LogP contribution >= 0.6 is 0 Å². The van der Waals surface area contributed by atoms with E-state index in [1.165, 1.54) is 0 Å². The van der Waals surface area contributed by atoms with Gasteiger partial charge in [-0.25, -0.2) is 0 Å². The number of allylic oxidation sites excluding steroid dienone is 2. The molecule has 3 N–H and O–H groups in total. The molecule has 0 aliphatic carbocycles. The summed E-state index contributed by atoms with van der Waals surface area (Å²) in [5.41, 5.74) is 0.543. The van der Waals surface area contributed by atoms with Gasteiger partial charge in [0.15, 0.2) is 0 Å². The van der Waals surface area contributed by atoms with Gasteiger partial charge in [-0.05, 0) is 30.3 Å². The molecule has 0 aliphatic heterocycles. The summed E-state index contributed by atoms with van der Waals surface area (Å²) >= 11 is 0. The van der Waals surface area contributed by atoms with E-state index in [0.717, 1.165) is 6.08 Å². The van der Waals surface area contributed by atoms with Crippen LogP contribution in [0.15, 0.2) is 83.8 Å². The minimum Gasteiger partial charge on any atom is -0.494 e. The molecule has 6 nitrogen and oxygen atoms in total. The van der Waals surface area contributed by atoms with Crippen LogP contribution in [0.5, 0.6) is 0 Å². The molecule has 0 aliphatic rings. The maximum absolute atomic E-state index is 12.1. The van der Waals surface area contributed by atoms with Crippen molar-refractivity contribution >= 4 is 17.3 Å². The minimum absolute atomic E-state index is 0.233. The fourth-order valence-corrected chi connectivity index (χ4v) is 1.89. The number of benzene rings is 2. The molecule has 0 fully saturated rings. The van der Waals surface area contributed by atoms with Gasteiger partial charge in [0.25, 0.3) is 5.91 Å². The minimum atomic E-state index is -0.672. The molecule has 0 heterocycles. The molecule has 25 heavy (non-hydrogen) atoms. The molecule has 2 aromatic rings. The van der Waals surface area contributed by atoms with E-state index in [1.807, 2.05) is 0 Å². The van der Waals surface area contributed by atoms with Crippen LogP contribution in [0.25, 0.3) is 0 Å². The molecule has 0 bridgehead atoms. The predicted molar refractivity (Wildman–Crippen MR) is 94.1 cm³/mol. The Morgan fingerprint density at radius 3 is 1.88 bits per heavy atom. The lowest BCUT2D eigenvalue weighted by Gasteiger charge is -2.06. The Morgan fingerprint density at radius 1 is 0.880 bits per heavy atom. The molecular formula is C19H14N4O2. The van der Waals surface area contributed by atoms with Gasteiger partial charge in [0.1, 0.15) is 23.3 Å². The standard InChI is InChI=1S/C19H14N4O2/c20-12-14(18(24)22-16-7-3-1-4-8-16)11-15(13-21)19(25)23-17-9-5-2-6-10-17/h1-11,22,24H,(H,23,25)/b15-11+,18-14+. The maximum Gasteiger partial charge on any atom is 0.266 e. The molecule has 0 saturated carbocycles. The highest BCUT2D eigenvalue weighted by atomic mass is 16.3. The van der Waals surface area contributed by atoms with Gasteiger partial charge in [-0.1, -0.05) is 36.4 Å². The Labute approximate surface area is 145 Å². The second-order valence-electron chi connectivity index (χ2n) is 4.86. The molecule has 0 radical (unpaired) electrons. The average Bonchev–Trinajstić information content (AvgIpc) is 2.64. The van der Waals surface area contributed by atoms with Crippen LogP contribution in [0.4, 0.5) is 11.4 Å². The summed E-state index contributed by atoms with van der Waals surface area (Å²) in [7, 11) is 0. The van der Waals surface area contributed by atoms with Crippen LogP contribution < -0.4 is 10.6 Å². The van der Waals surface area contributed by atoms with Gasteiger partial charge < -0.3 is 15.7 Å². The van der Waals surface area contributed by atoms with Crippen molar-refractivity contribution in [2.75, 3.05) is 10.6 Å². The van der Waals surface area contributed by atoms with Gasteiger partial charge in [0.2, 0.25) is 5.88 Å². The fourth-order valence-electron chi connectivity index (χ4n) is 1.89. The van der Waals surface area contributed by atoms with Crippen molar-refractivity contribution in [3.05, 3.63) is 83.8 Å². The zero-order valence-corrected chi connectivity index (χ0v) is 13.1. The number of hydrogen-bond donors (Lipinski definition) is 3. The van der Waals surface area contributed by atoms with E-state index < -0.39 is 11.8 Å². The van der Waals surface area contributed by atoms with Crippen molar-refractivity contribution in [2.24, 2.45) is 0 Å². The lowest BCUT2D eigenvalue weighted by atomic mass is 10.1. The van der Waals surface area contributed by atoms with Gasteiger partial charge in [0, 0.05) is 11.4 Å². The van der Waals surface area contributed by atoms with Gasteiger partial charge >= 0.3 is 0 Å². The van der Waals surface area contributed by atoms with Crippen molar-refractivity contribution in [2.45, 2.75) is 0 Å². The summed E-state index contributed by atoms with van der Waals surface area (Å²) in [5, 5.41) is 33.6. The first-order valence-electron chi connectivity index (χ1n) is 7.27. The maximum atomic E-state index is 12.1. The molecule has 122 valence electrons. The van der Waals surface area contributed by atoms with Crippen LogP contribution in [0.2, 0.25) is 0 Å². The second kappa shape index (κ2) is 8.56. The number of nitrogens with one attached hydrogen (secondary N) is 2. The molecule has 2 rings (SSSR count). The summed E-state index contributed by atoms with van der Waals surface area (Å²) in [5.74, 6) is -1.12. The van der Waals surface area contributed by atoms with E-state index in [4.69, 9.17) is 0 Å². The number of nitriles is 2. The third-order valence-electron chi connectivity index (χ3n) is 3.10. The number of anilines is 2. The molecule has 0 unspecified atom stereocenters. The number of amides is 1. The van der Waals surface area contributed by atoms with Gasteiger partial charge in [-0.2, -0.15) is 10.5 Å². The van der Waals surface area contributed by atoms with Crippen LogP contribution in [0, 0.1) is 22.7 Å². The summed E-state index contributed by atoms with van der Waals surface area (Å²) < 4.78 is 0. The molecule has 2 aromatic carbocycles. The quantitative estimate of drug-likeness (QED) is 0.336. The molecular weight excluding hydrogens is 316 g/mol. The number of para-hydroxylation sites is 2. The Bertz CT molecular complexity index is 889. The molecule has 0 aromatic heterocycles. The van der Waals surface area contributed by atoms with Crippen molar-refractivity contribution in [1.82, 2.24) is 0 Å². The van der Waals surface area contributed by atoms with Crippen molar-refractivity contribution in [3.63, 3.8) is 0 Å². The van der Waals surface area contributed by atoms with Crippen LogP contribution in [0.1, 0.15) is 0 Å². The first-order valence-corrected chi connectivity index (χ1v) is 7.27. The Kier molecular flexibility index (Phi) is 5.93. The molecule has 6 heteroatoms. The van der Waals surface area contributed by atoms with Crippen LogP contribution in [-0.4, -0.2) is 11.0 Å². The highest BCUT2D eigenvalue weighted by molar-refractivity contribution is 6.07. The van der Waals surface area contributed by atoms with Crippen LogP contribution in [0.3, 0.4) is 0 Å². The lowest BCUT2D eigenvalue weighted by molar-refractivity contribution is -0.112. The number of hydrogen-bond acceptors (Lipinski definition) is 5. The van der Waals surface area contributed by atoms with Gasteiger partial charge in [-0.3, -0.25) is 4.79 Å². The predicted octanol–water partition coefficient (Wildman–Crippen LogP) is 3.48. The summed E-state index contributed by atoms with van der Waals surface area (Å²) in [6.07, 6.45) is 1.03. The number of carbonyl (C=O) groups is 1. The summed E-state index contributed by atoms with van der Waals surface area (Å²) in [6, 6.07) is 20.8. The smallest absolute Gasteiger partial charge is 0.266 e. The second-order valence-corrected chi connectivity index (χ2v) is 4.86. The van der Waals surface area contributed by atoms with Gasteiger partial charge in [0.05, 0.1) is 0 Å². The lowest BCUT2D eigenvalue weighted by Crippen LogP contribution is -2.14. The highest BCUT2D eigenvalue weighted by Crippen LogP contribution is 2.13. The first kappa shape index (κ1) is 17.3. The molecule has 0 spiro atoms. The van der Waals surface area contributed by atoms with E-state index in [-0.39, 0.29) is 11.1 Å². The van der Waals surface area contributed by atoms with Crippen molar-refractivity contribution < 1.29 is 9.90 Å². The van der Waals surface area contributed by atoms with Crippen molar-refractivity contribution in [1.29, 1.82) is 10.5 Å². The fraction of sp³-hybridized carbons (Fsp3) is 0. The SMILES string of the molecule is N#C/C(=C\C(C#N)=C(/O)Nc1ccccc1)C(=O)Nc1ccccc1. The molecule has 0 saturated heterocycles. The third kappa shape index (κ3) is 4.98. The first-order chi connectivity index (χ1) is 12.1. The van der Waals surface area contributed by atoms with Crippen LogP contribution in [-0.2, 0) is 4.79 Å². The molecule has 1 amide bonds. The Balaban J connectivity index is 2.23. The number of aliphatic hydroxyl groups excluding tert-OH is 1. The topological polar surface area (TPSA) is 109 Å². The van der Waals surface area contributed by atoms with E-state index in [0.29, 0.717) is 11.4 Å². The molecule has 0 atom stereocenters. The summed E-state index contributed by atoms with van der Waals surface area (Å²) in [4.78, 5) is 12.1. The third-order valence-corrected chi connectivity index (χ3v) is 3.10. The normalized spacial score (nSPS) is 11.5. The van der Waals surface area contributed by atoms with E-state index in [2.05, 4.69) is 10.6 Å². The number of rotatable bonds is 5. The number of aliphatic hydroxyl groups is 1. The highest BCUT2D eigenvalue weighted by Gasteiger charge is 2.12. The zero-order chi connectivity index (χ0) is 18.1. The number of nitrogens with zero attached hydrogens (tertiary/aromatic N) is 2. The van der Waals surface area contributed by atoms with Crippen molar-refractivity contribution in [3.8, 4) is 12.1 Å². The number of carbonyl (C=O) groups excluding carboxylic acids is 1. The summed E-state index contributed by atoms with van der Waals surface area (Å²) in [6.45, 7) is 0. The van der Waals surface area contributed by atoms with E-state index >= 15 is 0 Å². The van der Waals surface area contributed by atoms with E-state index in [9.17, 15) is 20.4 Å².